The third-order valence-corrected chi connectivity index (χ3v) is 4.37. The lowest BCUT2D eigenvalue weighted by Gasteiger charge is -2.35. The molecule has 24 heavy (non-hydrogen) atoms. The van der Waals surface area contributed by atoms with Gasteiger partial charge in [-0.2, -0.15) is 0 Å². The molecule has 0 radical (unpaired) electrons. The first kappa shape index (κ1) is 16.6. The third-order valence-electron chi connectivity index (χ3n) is 4.37. The number of carbonyl (C=O) groups is 1. The molecule has 3 rings (SSSR count). The van der Waals surface area contributed by atoms with Crippen LogP contribution in [-0.4, -0.2) is 53.5 Å². The first-order valence-electron chi connectivity index (χ1n) is 8.14. The number of β-amino-alcohol motifs (C(OH)–C–C–N with tert-alkyl or cyclic N) is 1. The van der Waals surface area contributed by atoms with Gasteiger partial charge in [-0.3, -0.25) is 9.69 Å². The summed E-state index contributed by atoms with van der Waals surface area (Å²) in [6.45, 7) is 3.21. The van der Waals surface area contributed by atoms with Crippen molar-refractivity contribution in [2.45, 2.75) is 6.10 Å². The summed E-state index contributed by atoms with van der Waals surface area (Å²) in [7, 11) is 0. The van der Waals surface area contributed by atoms with Crippen molar-refractivity contribution in [1.82, 2.24) is 9.80 Å². The van der Waals surface area contributed by atoms with Crippen LogP contribution in [0, 0.1) is 5.82 Å². The number of rotatable bonds is 4. The van der Waals surface area contributed by atoms with Gasteiger partial charge < -0.3 is 10.0 Å². The molecule has 1 amide bonds. The molecule has 4 nitrogen and oxygen atoms in total. The van der Waals surface area contributed by atoms with Crippen molar-refractivity contribution in [3.63, 3.8) is 0 Å². The van der Waals surface area contributed by atoms with Gasteiger partial charge in [0.05, 0.1) is 6.10 Å². The van der Waals surface area contributed by atoms with E-state index in [0.717, 1.165) is 18.7 Å². The lowest BCUT2D eigenvalue weighted by atomic mass is 10.1. The van der Waals surface area contributed by atoms with Crippen molar-refractivity contribution >= 4 is 5.91 Å². The van der Waals surface area contributed by atoms with Gasteiger partial charge in [0.1, 0.15) is 5.82 Å². The summed E-state index contributed by atoms with van der Waals surface area (Å²) in [4.78, 5) is 16.3. The maximum Gasteiger partial charge on any atom is 0.253 e. The summed E-state index contributed by atoms with van der Waals surface area (Å²) in [6.07, 6.45) is -0.523. The van der Waals surface area contributed by atoms with Crippen molar-refractivity contribution in [2.75, 3.05) is 32.7 Å². The van der Waals surface area contributed by atoms with E-state index in [2.05, 4.69) is 4.90 Å². The van der Waals surface area contributed by atoms with Crippen molar-refractivity contribution < 1.29 is 14.3 Å². The number of benzene rings is 2. The summed E-state index contributed by atoms with van der Waals surface area (Å²) >= 11 is 0. The first-order chi connectivity index (χ1) is 11.6. The van der Waals surface area contributed by atoms with Gasteiger partial charge in [-0.15, -0.1) is 0 Å². The summed E-state index contributed by atoms with van der Waals surface area (Å²) in [6, 6.07) is 15.2. The molecule has 2 aromatic carbocycles. The predicted octanol–water partition coefficient (Wildman–Crippen LogP) is 2.32. The number of aliphatic hydroxyl groups is 1. The molecule has 0 bridgehead atoms. The Morgan fingerprint density at radius 3 is 2.25 bits per heavy atom. The third kappa shape index (κ3) is 3.99. The van der Waals surface area contributed by atoms with Crippen molar-refractivity contribution in [1.29, 1.82) is 0 Å². The molecule has 1 saturated heterocycles. The van der Waals surface area contributed by atoms with Gasteiger partial charge in [0, 0.05) is 38.3 Å². The number of hydrogen-bond donors (Lipinski definition) is 1. The van der Waals surface area contributed by atoms with Crippen LogP contribution in [-0.2, 0) is 0 Å². The highest BCUT2D eigenvalue weighted by molar-refractivity contribution is 5.94. The molecule has 5 heteroatoms. The zero-order valence-corrected chi connectivity index (χ0v) is 13.4. The zero-order valence-electron chi connectivity index (χ0n) is 13.4. The van der Waals surface area contributed by atoms with E-state index in [0.29, 0.717) is 25.2 Å². The second kappa shape index (κ2) is 7.55. The minimum Gasteiger partial charge on any atom is -0.387 e. The molecule has 0 unspecified atom stereocenters. The Bertz CT molecular complexity index is 668. The standard InChI is InChI=1S/C19H21FN2O2/c20-17-8-6-16(7-9-17)19(24)22-12-10-21(11-13-22)14-18(23)15-4-2-1-3-5-15/h1-9,18,23H,10-14H2/t18-/m1/s1. The molecule has 126 valence electrons. The van der Waals surface area contributed by atoms with Crippen LogP contribution in [0.15, 0.2) is 54.6 Å². The number of nitrogens with zero attached hydrogens (tertiary/aromatic N) is 2. The van der Waals surface area contributed by atoms with Gasteiger partial charge >= 0.3 is 0 Å². The van der Waals surface area contributed by atoms with Gasteiger partial charge in [-0.1, -0.05) is 30.3 Å². The highest BCUT2D eigenvalue weighted by Crippen LogP contribution is 2.16. The summed E-state index contributed by atoms with van der Waals surface area (Å²) in [5, 5.41) is 10.3. The van der Waals surface area contributed by atoms with Crippen LogP contribution in [0.4, 0.5) is 4.39 Å². The Hall–Kier alpha value is -2.24. The number of carbonyl (C=O) groups excluding carboxylic acids is 1. The Morgan fingerprint density at radius 1 is 1.00 bits per heavy atom. The Morgan fingerprint density at radius 2 is 1.62 bits per heavy atom. The van der Waals surface area contributed by atoms with Crippen molar-refractivity contribution in [3.05, 3.63) is 71.5 Å². The number of aliphatic hydroxyl groups excluding tert-OH is 1. The molecular weight excluding hydrogens is 307 g/mol. The number of hydrogen-bond acceptors (Lipinski definition) is 3. The molecule has 1 N–H and O–H groups in total. The molecule has 0 saturated carbocycles. The largest absolute Gasteiger partial charge is 0.387 e. The SMILES string of the molecule is O=C(c1ccc(F)cc1)N1CCN(C[C@@H](O)c2ccccc2)CC1. The molecule has 1 heterocycles. The number of piperazine rings is 1. The van der Waals surface area contributed by atoms with E-state index >= 15 is 0 Å². The van der Waals surface area contributed by atoms with E-state index in [1.54, 1.807) is 4.90 Å². The summed E-state index contributed by atoms with van der Waals surface area (Å²) < 4.78 is 12.9. The van der Waals surface area contributed by atoms with Gasteiger partial charge in [0.2, 0.25) is 0 Å². The molecule has 0 spiro atoms. The summed E-state index contributed by atoms with van der Waals surface area (Å²) in [5.41, 5.74) is 1.41. The van der Waals surface area contributed by atoms with Crippen LogP contribution in [0.2, 0.25) is 0 Å². The second-order valence-corrected chi connectivity index (χ2v) is 6.03. The summed E-state index contributed by atoms with van der Waals surface area (Å²) in [5.74, 6) is -0.412. The van der Waals surface area contributed by atoms with Crippen LogP contribution in [0.5, 0.6) is 0 Å². The molecule has 1 atom stereocenters. The maximum absolute atomic E-state index is 12.9. The molecule has 1 aliphatic heterocycles. The molecule has 1 fully saturated rings. The lowest BCUT2D eigenvalue weighted by molar-refractivity contribution is 0.0527. The fourth-order valence-electron chi connectivity index (χ4n) is 2.93. The predicted molar refractivity (Wildman–Crippen MR) is 90.1 cm³/mol. The van der Waals surface area contributed by atoms with E-state index < -0.39 is 6.10 Å². The van der Waals surface area contributed by atoms with Crippen molar-refractivity contribution in [2.24, 2.45) is 0 Å². The Balaban J connectivity index is 1.52. The van der Waals surface area contributed by atoms with E-state index in [9.17, 15) is 14.3 Å². The van der Waals surface area contributed by atoms with Gasteiger partial charge in [-0.05, 0) is 29.8 Å². The average Bonchev–Trinajstić information content (AvgIpc) is 2.63. The minimum absolute atomic E-state index is 0.0711. The fraction of sp³-hybridized carbons (Fsp3) is 0.316. The van der Waals surface area contributed by atoms with Crippen LogP contribution in [0.25, 0.3) is 0 Å². The average molecular weight is 328 g/mol. The van der Waals surface area contributed by atoms with E-state index in [-0.39, 0.29) is 11.7 Å². The van der Waals surface area contributed by atoms with Gasteiger partial charge in [0.25, 0.3) is 5.91 Å². The van der Waals surface area contributed by atoms with E-state index in [4.69, 9.17) is 0 Å². The van der Waals surface area contributed by atoms with Crippen LogP contribution in [0.3, 0.4) is 0 Å². The smallest absolute Gasteiger partial charge is 0.253 e. The van der Waals surface area contributed by atoms with Crippen molar-refractivity contribution in [3.8, 4) is 0 Å². The quantitative estimate of drug-likeness (QED) is 0.937. The van der Waals surface area contributed by atoms with Gasteiger partial charge in [0.15, 0.2) is 0 Å². The minimum atomic E-state index is -0.523. The first-order valence-corrected chi connectivity index (χ1v) is 8.14. The molecule has 1 aliphatic rings. The monoisotopic (exact) mass is 328 g/mol. The second-order valence-electron chi connectivity index (χ2n) is 6.03. The van der Waals surface area contributed by atoms with Gasteiger partial charge in [-0.25, -0.2) is 4.39 Å². The number of amides is 1. The Kier molecular flexibility index (Phi) is 5.23. The van der Waals surface area contributed by atoms with E-state index in [1.165, 1.54) is 24.3 Å². The molecule has 0 aromatic heterocycles. The highest BCUT2D eigenvalue weighted by atomic mass is 19.1. The number of halogens is 1. The lowest BCUT2D eigenvalue weighted by Crippen LogP contribution is -2.49. The van der Waals surface area contributed by atoms with E-state index in [1.807, 2.05) is 30.3 Å². The molecular formula is C19H21FN2O2. The van der Waals surface area contributed by atoms with Crippen LogP contribution >= 0.6 is 0 Å². The topological polar surface area (TPSA) is 43.8 Å². The maximum atomic E-state index is 12.9. The molecule has 0 aliphatic carbocycles. The highest BCUT2D eigenvalue weighted by Gasteiger charge is 2.23. The zero-order chi connectivity index (χ0) is 16.9. The van der Waals surface area contributed by atoms with Crippen LogP contribution in [0.1, 0.15) is 22.0 Å². The normalized spacial score (nSPS) is 16.8. The Labute approximate surface area is 141 Å². The van der Waals surface area contributed by atoms with Crippen LogP contribution < -0.4 is 0 Å². The fourth-order valence-corrected chi connectivity index (χ4v) is 2.93. The molecule has 2 aromatic rings.